The number of fused-ring (bicyclic) bond motifs is 1. The molecule has 0 spiro atoms. The van der Waals surface area contributed by atoms with E-state index < -0.39 is 10.0 Å². The quantitative estimate of drug-likeness (QED) is 0.735. The molecule has 0 saturated carbocycles. The molecule has 8 nitrogen and oxygen atoms in total. The molecule has 26 heavy (non-hydrogen) atoms. The summed E-state index contributed by atoms with van der Waals surface area (Å²) in [5, 5.41) is 3.15. The van der Waals surface area contributed by atoms with Gasteiger partial charge in [-0.05, 0) is 14.1 Å². The van der Waals surface area contributed by atoms with E-state index in [1.54, 1.807) is 33.5 Å². The van der Waals surface area contributed by atoms with Gasteiger partial charge in [0.05, 0.1) is 6.33 Å². The molecule has 0 unspecified atom stereocenters. The van der Waals surface area contributed by atoms with Crippen molar-refractivity contribution >= 4 is 26.5 Å². The fourth-order valence-electron chi connectivity index (χ4n) is 4.34. The summed E-state index contributed by atoms with van der Waals surface area (Å²) < 4.78 is 29.4. The largest absolute Gasteiger partial charge is 0.347 e. The highest BCUT2D eigenvalue weighted by atomic mass is 32.2. The second kappa shape index (κ2) is 6.29. The van der Waals surface area contributed by atoms with Gasteiger partial charge >= 0.3 is 0 Å². The SMILES string of the molecule is CN(C)C[C@]12CN(c3nccs3)C[C@H]1CN(S(=O)(=O)c1cn(C)cn1)C2. The van der Waals surface area contributed by atoms with Gasteiger partial charge in [0.2, 0.25) is 0 Å². The van der Waals surface area contributed by atoms with Crippen LogP contribution in [0, 0.1) is 11.3 Å². The molecule has 2 aromatic heterocycles. The summed E-state index contributed by atoms with van der Waals surface area (Å²) in [6, 6.07) is 0. The minimum atomic E-state index is -3.55. The Morgan fingerprint density at radius 1 is 1.31 bits per heavy atom. The van der Waals surface area contributed by atoms with E-state index in [1.807, 2.05) is 25.7 Å². The van der Waals surface area contributed by atoms with Gasteiger partial charge < -0.3 is 14.4 Å². The molecule has 4 rings (SSSR count). The monoisotopic (exact) mass is 396 g/mol. The zero-order chi connectivity index (χ0) is 18.5. The predicted octanol–water partition coefficient (Wildman–Crippen LogP) is 0.565. The molecule has 2 aromatic rings. The van der Waals surface area contributed by atoms with Crippen molar-refractivity contribution in [2.75, 3.05) is 51.7 Å². The molecular formula is C16H24N6O2S2. The van der Waals surface area contributed by atoms with Crippen molar-refractivity contribution in [3.63, 3.8) is 0 Å². The Labute approximate surface area is 158 Å². The highest BCUT2D eigenvalue weighted by Gasteiger charge is 2.55. The van der Waals surface area contributed by atoms with Crippen molar-refractivity contribution in [2.45, 2.75) is 5.03 Å². The fraction of sp³-hybridized carbons (Fsp3) is 0.625. The Morgan fingerprint density at radius 3 is 2.73 bits per heavy atom. The zero-order valence-electron chi connectivity index (χ0n) is 15.2. The zero-order valence-corrected chi connectivity index (χ0v) is 16.9. The summed E-state index contributed by atoms with van der Waals surface area (Å²) in [6.07, 6.45) is 4.93. The number of aryl methyl sites for hydroxylation is 1. The summed E-state index contributed by atoms with van der Waals surface area (Å²) in [5.74, 6) is 0.285. The summed E-state index contributed by atoms with van der Waals surface area (Å²) in [7, 11) is 2.33. The van der Waals surface area contributed by atoms with Gasteiger partial charge in [0.25, 0.3) is 10.0 Å². The molecule has 2 saturated heterocycles. The lowest BCUT2D eigenvalue weighted by Gasteiger charge is -2.31. The number of rotatable bonds is 5. The normalized spacial score (nSPS) is 26.8. The summed E-state index contributed by atoms with van der Waals surface area (Å²) in [6.45, 7) is 3.59. The van der Waals surface area contributed by atoms with Crippen LogP contribution in [0.3, 0.4) is 0 Å². The van der Waals surface area contributed by atoms with E-state index in [0.717, 1.165) is 24.8 Å². The van der Waals surface area contributed by atoms with Gasteiger partial charge in [-0.2, -0.15) is 4.31 Å². The molecular weight excluding hydrogens is 372 g/mol. The van der Waals surface area contributed by atoms with Gasteiger partial charge in [0.15, 0.2) is 10.2 Å². The number of thiazole rings is 1. The lowest BCUT2D eigenvalue weighted by molar-refractivity contribution is 0.200. The van der Waals surface area contributed by atoms with Crippen molar-refractivity contribution < 1.29 is 8.42 Å². The van der Waals surface area contributed by atoms with Crippen molar-refractivity contribution in [1.29, 1.82) is 0 Å². The molecule has 10 heteroatoms. The Morgan fingerprint density at radius 2 is 2.12 bits per heavy atom. The molecule has 0 radical (unpaired) electrons. The van der Waals surface area contributed by atoms with Gasteiger partial charge in [-0.15, -0.1) is 11.3 Å². The Balaban J connectivity index is 1.61. The van der Waals surface area contributed by atoms with Crippen LogP contribution in [0.2, 0.25) is 0 Å². The van der Waals surface area contributed by atoms with Gasteiger partial charge in [0.1, 0.15) is 0 Å². The average molecular weight is 397 g/mol. The highest BCUT2D eigenvalue weighted by molar-refractivity contribution is 7.89. The van der Waals surface area contributed by atoms with Crippen molar-refractivity contribution in [3.05, 3.63) is 24.1 Å². The summed E-state index contributed by atoms with van der Waals surface area (Å²) in [5.41, 5.74) is -0.0863. The first-order valence-corrected chi connectivity index (χ1v) is 10.9. The number of hydrogen-bond donors (Lipinski definition) is 0. The number of hydrogen-bond acceptors (Lipinski definition) is 7. The van der Waals surface area contributed by atoms with Crippen LogP contribution in [0.25, 0.3) is 0 Å². The fourth-order valence-corrected chi connectivity index (χ4v) is 6.54. The first-order chi connectivity index (χ1) is 12.3. The Kier molecular flexibility index (Phi) is 4.33. The summed E-state index contributed by atoms with van der Waals surface area (Å²) in [4.78, 5) is 13.0. The van der Waals surface area contributed by atoms with Gasteiger partial charge in [-0.3, -0.25) is 0 Å². The first-order valence-electron chi connectivity index (χ1n) is 8.57. The number of anilines is 1. The van der Waals surface area contributed by atoms with E-state index in [-0.39, 0.29) is 16.4 Å². The number of aromatic nitrogens is 3. The maximum atomic E-state index is 13.0. The van der Waals surface area contributed by atoms with Crippen LogP contribution in [-0.2, 0) is 17.1 Å². The second-order valence-corrected chi connectivity index (χ2v) is 10.4. The molecule has 2 aliphatic heterocycles. The van der Waals surface area contributed by atoms with Crippen LogP contribution >= 0.6 is 11.3 Å². The van der Waals surface area contributed by atoms with Gasteiger partial charge in [-0.25, -0.2) is 18.4 Å². The van der Waals surface area contributed by atoms with E-state index in [4.69, 9.17) is 0 Å². The first kappa shape index (κ1) is 17.9. The molecule has 0 aromatic carbocycles. The van der Waals surface area contributed by atoms with Crippen LogP contribution in [-0.4, -0.2) is 79.0 Å². The van der Waals surface area contributed by atoms with Crippen LogP contribution < -0.4 is 4.90 Å². The third-order valence-electron chi connectivity index (χ3n) is 5.33. The number of sulfonamides is 1. The minimum absolute atomic E-state index is 0.0863. The molecule has 0 aliphatic carbocycles. The summed E-state index contributed by atoms with van der Waals surface area (Å²) >= 11 is 1.64. The maximum absolute atomic E-state index is 13.0. The molecule has 0 amide bonds. The molecule has 142 valence electrons. The lowest BCUT2D eigenvalue weighted by Crippen LogP contribution is -2.43. The number of nitrogens with zero attached hydrogens (tertiary/aromatic N) is 6. The van der Waals surface area contributed by atoms with E-state index in [9.17, 15) is 8.42 Å². The maximum Gasteiger partial charge on any atom is 0.262 e. The third-order valence-corrected chi connectivity index (χ3v) is 7.86. The van der Waals surface area contributed by atoms with E-state index in [2.05, 4.69) is 19.8 Å². The molecule has 2 aliphatic rings. The van der Waals surface area contributed by atoms with E-state index in [0.29, 0.717) is 13.1 Å². The molecule has 0 bridgehead atoms. The Hall–Kier alpha value is -1.49. The molecule has 2 fully saturated rings. The van der Waals surface area contributed by atoms with Crippen LogP contribution in [0.5, 0.6) is 0 Å². The second-order valence-electron chi connectivity index (χ2n) is 7.67. The highest BCUT2D eigenvalue weighted by Crippen LogP contribution is 2.46. The van der Waals surface area contributed by atoms with Crippen LogP contribution in [0.1, 0.15) is 0 Å². The van der Waals surface area contributed by atoms with Crippen LogP contribution in [0.4, 0.5) is 5.13 Å². The van der Waals surface area contributed by atoms with Crippen molar-refractivity contribution in [3.8, 4) is 0 Å². The minimum Gasteiger partial charge on any atom is -0.347 e. The van der Waals surface area contributed by atoms with Gasteiger partial charge in [-0.1, -0.05) is 0 Å². The number of imidazole rings is 1. The molecule has 4 heterocycles. The van der Waals surface area contributed by atoms with Crippen molar-refractivity contribution in [1.82, 2.24) is 23.7 Å². The lowest BCUT2D eigenvalue weighted by atomic mass is 9.80. The molecule has 2 atom stereocenters. The topological polar surface area (TPSA) is 74.6 Å². The molecule has 0 N–H and O–H groups in total. The van der Waals surface area contributed by atoms with Crippen LogP contribution in [0.15, 0.2) is 29.1 Å². The van der Waals surface area contributed by atoms with Crippen molar-refractivity contribution in [2.24, 2.45) is 18.4 Å². The Bertz CT molecular complexity index is 878. The van der Waals surface area contributed by atoms with E-state index in [1.165, 1.54) is 6.33 Å². The standard InChI is InChI=1S/C16H24N6O2S2/c1-19(2)9-16-10-21(15-17-4-5-25-15)6-13(16)7-22(11-16)26(23,24)14-8-20(3)12-18-14/h4-5,8,12-13H,6-7,9-11H2,1-3H3/t13-,16+/m0/s1. The smallest absolute Gasteiger partial charge is 0.262 e. The predicted molar refractivity (Wildman–Crippen MR) is 101 cm³/mol. The third kappa shape index (κ3) is 2.94. The average Bonchev–Trinajstić information content (AvgIpc) is 3.27. The van der Waals surface area contributed by atoms with E-state index >= 15 is 0 Å². The van der Waals surface area contributed by atoms with Gasteiger partial charge in [0, 0.05) is 68.9 Å².